The minimum absolute atomic E-state index is 0.683. The molecule has 2 rings (SSSR count). The summed E-state index contributed by atoms with van der Waals surface area (Å²) in [5.74, 6) is 0.827. The second-order valence-electron chi connectivity index (χ2n) is 3.34. The molecule has 2 N–H and O–H groups in total. The number of methoxy groups -OCH3 is 1. The predicted molar refractivity (Wildman–Crippen MR) is 59.6 cm³/mol. The van der Waals surface area contributed by atoms with Gasteiger partial charge in [0.15, 0.2) is 0 Å². The average Bonchev–Trinajstić information content (AvgIpc) is 2.58. The fraction of sp³-hybridized carbons (Fsp3) is 0.182. The van der Waals surface area contributed by atoms with Crippen molar-refractivity contribution in [3.8, 4) is 17.0 Å². The van der Waals surface area contributed by atoms with Crippen LogP contribution in [0, 0.1) is 0 Å². The number of nitrogen functional groups attached to an aromatic ring is 1. The molecule has 0 saturated carbocycles. The molecule has 0 radical (unpaired) electrons. The molecular weight excluding hydrogens is 190 g/mol. The summed E-state index contributed by atoms with van der Waals surface area (Å²) >= 11 is 0. The van der Waals surface area contributed by atoms with E-state index >= 15 is 0 Å². The maximum absolute atomic E-state index is 5.83. The first-order valence-corrected chi connectivity index (χ1v) is 4.64. The molecule has 1 aromatic carbocycles. The number of anilines is 1. The topological polar surface area (TPSA) is 53.1 Å². The molecule has 0 spiro atoms. The van der Waals surface area contributed by atoms with E-state index in [4.69, 9.17) is 10.5 Å². The lowest BCUT2D eigenvalue weighted by Gasteiger charge is -2.01. The first-order chi connectivity index (χ1) is 7.20. The van der Waals surface area contributed by atoms with Crippen LogP contribution in [-0.2, 0) is 7.05 Å². The fourth-order valence-electron chi connectivity index (χ4n) is 1.48. The molecule has 15 heavy (non-hydrogen) atoms. The van der Waals surface area contributed by atoms with Crippen LogP contribution >= 0.6 is 0 Å². The third-order valence-electron chi connectivity index (χ3n) is 2.22. The van der Waals surface area contributed by atoms with Crippen LogP contribution in [0.25, 0.3) is 11.3 Å². The van der Waals surface area contributed by atoms with Gasteiger partial charge in [0.25, 0.3) is 0 Å². The van der Waals surface area contributed by atoms with Gasteiger partial charge in [0.05, 0.1) is 12.8 Å². The maximum atomic E-state index is 5.83. The van der Waals surface area contributed by atoms with Gasteiger partial charge >= 0.3 is 0 Å². The summed E-state index contributed by atoms with van der Waals surface area (Å²) in [4.78, 5) is 0. The van der Waals surface area contributed by atoms with E-state index in [1.165, 1.54) is 0 Å². The van der Waals surface area contributed by atoms with Gasteiger partial charge in [-0.15, -0.1) is 0 Å². The maximum Gasteiger partial charge on any atom is 0.118 e. The molecule has 0 saturated heterocycles. The van der Waals surface area contributed by atoms with Crippen LogP contribution in [-0.4, -0.2) is 16.9 Å². The zero-order valence-electron chi connectivity index (χ0n) is 8.77. The number of aryl methyl sites for hydroxylation is 1. The van der Waals surface area contributed by atoms with Gasteiger partial charge in [0.2, 0.25) is 0 Å². The highest BCUT2D eigenvalue weighted by Crippen LogP contribution is 2.25. The lowest BCUT2D eigenvalue weighted by Crippen LogP contribution is -1.89. The zero-order valence-corrected chi connectivity index (χ0v) is 8.77. The normalized spacial score (nSPS) is 10.3. The Hall–Kier alpha value is -1.97. The molecule has 0 aliphatic heterocycles. The second kappa shape index (κ2) is 3.65. The molecule has 0 bridgehead atoms. The molecule has 4 nitrogen and oxygen atoms in total. The Labute approximate surface area is 88.3 Å². The third-order valence-corrected chi connectivity index (χ3v) is 2.22. The molecule has 1 aromatic heterocycles. The highest BCUT2D eigenvalue weighted by Gasteiger charge is 2.06. The minimum Gasteiger partial charge on any atom is -0.497 e. The first-order valence-electron chi connectivity index (χ1n) is 4.64. The van der Waals surface area contributed by atoms with Gasteiger partial charge in [-0.3, -0.25) is 4.68 Å². The van der Waals surface area contributed by atoms with Gasteiger partial charge < -0.3 is 10.5 Å². The Morgan fingerprint density at radius 3 is 2.40 bits per heavy atom. The number of benzene rings is 1. The molecule has 0 aliphatic carbocycles. The van der Waals surface area contributed by atoms with Gasteiger partial charge in [-0.25, -0.2) is 0 Å². The third kappa shape index (κ3) is 1.79. The lowest BCUT2D eigenvalue weighted by atomic mass is 10.1. The van der Waals surface area contributed by atoms with Gasteiger partial charge in [-0.05, 0) is 24.3 Å². The fourth-order valence-corrected chi connectivity index (χ4v) is 1.48. The van der Waals surface area contributed by atoms with Gasteiger partial charge in [0.1, 0.15) is 11.4 Å². The van der Waals surface area contributed by atoms with Crippen molar-refractivity contribution in [1.82, 2.24) is 9.78 Å². The summed E-state index contributed by atoms with van der Waals surface area (Å²) in [7, 11) is 3.49. The van der Waals surface area contributed by atoms with E-state index in [1.54, 1.807) is 18.0 Å². The number of hydrogen-bond acceptors (Lipinski definition) is 3. The standard InChI is InChI=1S/C11H13N3O/c1-14-7-10(12)11(13-14)8-3-5-9(15-2)6-4-8/h3-7H,12H2,1-2H3. The van der Waals surface area contributed by atoms with Gasteiger partial charge in [-0.1, -0.05) is 0 Å². The Bertz CT molecular complexity index is 459. The Kier molecular flexibility index (Phi) is 2.33. The summed E-state index contributed by atoms with van der Waals surface area (Å²) in [6, 6.07) is 7.67. The smallest absolute Gasteiger partial charge is 0.118 e. The number of rotatable bonds is 2. The lowest BCUT2D eigenvalue weighted by molar-refractivity contribution is 0.415. The summed E-state index contributed by atoms with van der Waals surface area (Å²) in [5.41, 5.74) is 8.31. The molecule has 0 unspecified atom stereocenters. The molecule has 0 amide bonds. The largest absolute Gasteiger partial charge is 0.497 e. The van der Waals surface area contributed by atoms with Crippen LogP contribution in [0.2, 0.25) is 0 Å². The Morgan fingerprint density at radius 1 is 1.27 bits per heavy atom. The van der Waals surface area contributed by atoms with E-state index in [-0.39, 0.29) is 0 Å². The van der Waals surface area contributed by atoms with Crippen molar-refractivity contribution < 1.29 is 4.74 Å². The van der Waals surface area contributed by atoms with Crippen LogP contribution < -0.4 is 10.5 Å². The second-order valence-corrected chi connectivity index (χ2v) is 3.34. The van der Waals surface area contributed by atoms with E-state index in [0.717, 1.165) is 17.0 Å². The summed E-state index contributed by atoms with van der Waals surface area (Å²) in [6.07, 6.45) is 1.79. The summed E-state index contributed by atoms with van der Waals surface area (Å²) in [5, 5.41) is 4.29. The molecule has 1 heterocycles. The minimum atomic E-state index is 0.683. The molecule has 0 fully saturated rings. The summed E-state index contributed by atoms with van der Waals surface area (Å²) < 4.78 is 6.79. The molecule has 0 atom stereocenters. The van der Waals surface area contributed by atoms with Crippen molar-refractivity contribution >= 4 is 5.69 Å². The van der Waals surface area contributed by atoms with Gasteiger partial charge in [-0.2, -0.15) is 5.10 Å². The quantitative estimate of drug-likeness (QED) is 0.807. The van der Waals surface area contributed by atoms with Crippen molar-refractivity contribution in [3.05, 3.63) is 30.5 Å². The van der Waals surface area contributed by atoms with E-state index < -0.39 is 0 Å². The van der Waals surface area contributed by atoms with E-state index in [0.29, 0.717) is 5.69 Å². The molecule has 2 aromatic rings. The SMILES string of the molecule is COc1ccc(-c2nn(C)cc2N)cc1. The number of hydrogen-bond donors (Lipinski definition) is 1. The number of nitrogens with zero attached hydrogens (tertiary/aromatic N) is 2. The highest BCUT2D eigenvalue weighted by atomic mass is 16.5. The zero-order chi connectivity index (χ0) is 10.8. The van der Waals surface area contributed by atoms with Crippen molar-refractivity contribution in [3.63, 3.8) is 0 Å². The molecule has 4 heteroatoms. The number of nitrogens with two attached hydrogens (primary N) is 1. The Morgan fingerprint density at radius 2 is 1.93 bits per heavy atom. The van der Waals surface area contributed by atoms with Crippen molar-refractivity contribution in [1.29, 1.82) is 0 Å². The van der Waals surface area contributed by atoms with E-state index in [1.807, 2.05) is 31.3 Å². The van der Waals surface area contributed by atoms with Crippen LogP contribution in [0.3, 0.4) is 0 Å². The Balaban J connectivity index is 2.41. The number of aromatic nitrogens is 2. The number of ether oxygens (including phenoxy) is 1. The van der Waals surface area contributed by atoms with Crippen molar-refractivity contribution in [2.24, 2.45) is 7.05 Å². The molecule has 0 aliphatic rings. The van der Waals surface area contributed by atoms with Gasteiger partial charge in [0, 0.05) is 18.8 Å². The van der Waals surface area contributed by atoms with Crippen LogP contribution in [0.1, 0.15) is 0 Å². The van der Waals surface area contributed by atoms with Crippen LogP contribution in [0.5, 0.6) is 5.75 Å². The van der Waals surface area contributed by atoms with Crippen molar-refractivity contribution in [2.75, 3.05) is 12.8 Å². The first kappa shape index (κ1) is 9.58. The van der Waals surface area contributed by atoms with Crippen molar-refractivity contribution in [2.45, 2.75) is 0 Å². The van der Waals surface area contributed by atoms with Crippen LogP contribution in [0.15, 0.2) is 30.5 Å². The molecular formula is C11H13N3O. The summed E-state index contributed by atoms with van der Waals surface area (Å²) in [6.45, 7) is 0. The highest BCUT2D eigenvalue weighted by molar-refractivity contribution is 5.72. The monoisotopic (exact) mass is 203 g/mol. The van der Waals surface area contributed by atoms with Crippen LogP contribution in [0.4, 0.5) is 5.69 Å². The predicted octanol–water partition coefficient (Wildman–Crippen LogP) is 1.68. The van der Waals surface area contributed by atoms with E-state index in [9.17, 15) is 0 Å². The average molecular weight is 203 g/mol. The van der Waals surface area contributed by atoms with E-state index in [2.05, 4.69) is 5.10 Å². The molecule has 78 valence electrons.